The molecule has 8 heteroatoms. The zero-order valence-corrected chi connectivity index (χ0v) is 12.6. The highest BCUT2D eigenvalue weighted by Gasteiger charge is 2.38. The van der Waals surface area contributed by atoms with Crippen molar-refractivity contribution in [2.45, 2.75) is 38.4 Å². The van der Waals surface area contributed by atoms with Crippen LogP contribution in [0.5, 0.6) is 11.5 Å². The molecule has 1 aliphatic heterocycles. The van der Waals surface area contributed by atoms with E-state index in [-0.39, 0.29) is 43.0 Å². The Balaban J connectivity index is 2.15. The molecule has 0 saturated heterocycles. The summed E-state index contributed by atoms with van der Waals surface area (Å²) in [6.45, 7) is 1.40. The van der Waals surface area contributed by atoms with Crippen molar-refractivity contribution in [3.63, 3.8) is 0 Å². The van der Waals surface area contributed by atoms with Gasteiger partial charge in [-0.2, -0.15) is 0 Å². The number of benzene rings is 1. The van der Waals surface area contributed by atoms with Crippen molar-refractivity contribution in [1.29, 1.82) is 0 Å². The van der Waals surface area contributed by atoms with E-state index in [9.17, 15) is 24.5 Å². The molecule has 1 heterocycles. The van der Waals surface area contributed by atoms with Crippen LogP contribution in [0.3, 0.4) is 0 Å². The van der Waals surface area contributed by atoms with Crippen LogP contribution in [-0.4, -0.2) is 39.9 Å². The summed E-state index contributed by atoms with van der Waals surface area (Å²) in [6, 6.07) is 2.76. The van der Waals surface area contributed by atoms with Gasteiger partial charge in [-0.25, -0.2) is 4.79 Å². The number of carbonyl (C=O) groups is 3. The summed E-state index contributed by atoms with van der Waals surface area (Å²) in [5, 5.41) is 28.8. The van der Waals surface area contributed by atoms with Crippen LogP contribution in [0.25, 0.3) is 0 Å². The lowest BCUT2D eigenvalue weighted by molar-refractivity contribution is -0.123. The van der Waals surface area contributed by atoms with Crippen LogP contribution in [0.1, 0.15) is 42.1 Å². The van der Waals surface area contributed by atoms with Crippen LogP contribution in [0.4, 0.5) is 0 Å². The first-order valence-electron chi connectivity index (χ1n) is 7.23. The molecule has 23 heavy (non-hydrogen) atoms. The van der Waals surface area contributed by atoms with Gasteiger partial charge in [0.25, 0.3) is 0 Å². The molecule has 0 unspecified atom stereocenters. The van der Waals surface area contributed by atoms with Gasteiger partial charge in [0.2, 0.25) is 0 Å². The number of aromatic hydroxyl groups is 1. The zero-order chi connectivity index (χ0) is 17.1. The van der Waals surface area contributed by atoms with Crippen LogP contribution in [0, 0.1) is 0 Å². The van der Waals surface area contributed by atoms with E-state index in [1.807, 2.05) is 0 Å². The van der Waals surface area contributed by atoms with E-state index in [0.717, 1.165) is 0 Å². The molecule has 0 fully saturated rings. The van der Waals surface area contributed by atoms with Crippen molar-refractivity contribution in [3.8, 4) is 11.5 Å². The molecular formula is C15H17BO7. The predicted octanol–water partition coefficient (Wildman–Crippen LogP) is 1.20. The molecule has 7 nitrogen and oxygen atoms in total. The van der Waals surface area contributed by atoms with Gasteiger partial charge in [0.05, 0.1) is 0 Å². The van der Waals surface area contributed by atoms with E-state index in [1.54, 1.807) is 0 Å². The molecule has 1 atom stereocenters. The van der Waals surface area contributed by atoms with Gasteiger partial charge in [0.15, 0.2) is 0 Å². The molecule has 0 bridgehead atoms. The second kappa shape index (κ2) is 6.83. The normalized spacial score (nSPS) is 16.4. The highest BCUT2D eigenvalue weighted by molar-refractivity contribution is 6.47. The minimum atomic E-state index is -1.36. The van der Waals surface area contributed by atoms with Crippen LogP contribution in [0.15, 0.2) is 12.1 Å². The summed E-state index contributed by atoms with van der Waals surface area (Å²) in [7, 11) is -1.34. The molecule has 0 saturated carbocycles. The highest BCUT2D eigenvalue weighted by atomic mass is 16.5. The Kier molecular flexibility index (Phi) is 5.05. The predicted molar refractivity (Wildman–Crippen MR) is 80.7 cm³/mol. The fourth-order valence-electron chi connectivity index (χ4n) is 2.60. The van der Waals surface area contributed by atoms with E-state index in [0.29, 0.717) is 5.56 Å². The van der Waals surface area contributed by atoms with Gasteiger partial charge in [0, 0.05) is 25.1 Å². The molecule has 1 aliphatic rings. The van der Waals surface area contributed by atoms with E-state index < -0.39 is 30.2 Å². The molecule has 1 aromatic carbocycles. The van der Waals surface area contributed by atoms with Crippen LogP contribution in [0.2, 0.25) is 5.82 Å². The number of hydrogen-bond acceptors (Lipinski definition) is 6. The maximum Gasteiger partial charge on any atom is 0.526 e. The van der Waals surface area contributed by atoms with Gasteiger partial charge in [-0.3, -0.25) is 4.79 Å². The van der Waals surface area contributed by atoms with Gasteiger partial charge in [-0.05, 0) is 25.0 Å². The minimum absolute atomic E-state index is 0.0389. The molecular weight excluding hydrogens is 303 g/mol. The third-order valence-corrected chi connectivity index (χ3v) is 3.80. The second-order valence-corrected chi connectivity index (χ2v) is 5.67. The number of fused-ring (bicyclic) bond motifs is 1. The molecule has 0 radical (unpaired) electrons. The van der Waals surface area contributed by atoms with Crippen molar-refractivity contribution in [3.05, 3.63) is 23.3 Å². The van der Waals surface area contributed by atoms with Crippen LogP contribution < -0.4 is 4.65 Å². The number of rotatable bonds is 6. The maximum atomic E-state index is 11.8. The first-order chi connectivity index (χ1) is 10.8. The lowest BCUT2D eigenvalue weighted by Gasteiger charge is -2.28. The summed E-state index contributed by atoms with van der Waals surface area (Å²) in [4.78, 5) is 33.9. The Morgan fingerprint density at radius 1 is 1.30 bits per heavy atom. The largest absolute Gasteiger partial charge is 0.535 e. The fourth-order valence-corrected chi connectivity index (χ4v) is 2.60. The summed E-state index contributed by atoms with van der Waals surface area (Å²) < 4.78 is 5.24. The molecule has 2 rings (SSSR count). The molecule has 1 aromatic rings. The average Bonchev–Trinajstić information content (AvgIpc) is 2.45. The number of carboxylic acid groups (broad SMARTS) is 1. The Hall–Kier alpha value is -2.35. The van der Waals surface area contributed by atoms with E-state index >= 15 is 0 Å². The number of aromatic carboxylic acids is 1. The molecule has 0 aromatic heterocycles. The Morgan fingerprint density at radius 3 is 2.61 bits per heavy atom. The number of carbonyl (C=O) groups excluding carboxylic acids is 2. The number of carboxylic acids is 1. The first-order valence-corrected chi connectivity index (χ1v) is 7.23. The number of Topliss-reactive ketones (excluding diaryl/α,β-unsaturated/α-hetero) is 2. The second-order valence-electron chi connectivity index (χ2n) is 5.67. The van der Waals surface area contributed by atoms with Crippen molar-refractivity contribution >= 4 is 24.7 Å². The van der Waals surface area contributed by atoms with Gasteiger partial charge >= 0.3 is 13.1 Å². The lowest BCUT2D eigenvalue weighted by Crippen LogP contribution is -2.35. The smallest absolute Gasteiger partial charge is 0.526 e. The maximum absolute atomic E-state index is 11.8. The average molecular weight is 320 g/mol. The molecule has 3 N–H and O–H groups in total. The van der Waals surface area contributed by atoms with Gasteiger partial charge < -0.3 is 24.7 Å². The number of ketones is 2. The standard InChI is InChI=1S/C15H17BO7/c1-8(17)2-4-11(18)7-10-6-9-3-5-12(19)13(15(20)21)14(9)23-16(10)22/h3,5,10,19,22H,2,4,6-7H2,1H3,(H,20,21)/t10-/m1/s1. The Morgan fingerprint density at radius 2 is 2.00 bits per heavy atom. The van der Waals surface area contributed by atoms with Crippen LogP contribution >= 0.6 is 0 Å². The van der Waals surface area contributed by atoms with Gasteiger partial charge in [-0.15, -0.1) is 0 Å². The summed E-state index contributed by atoms with van der Waals surface area (Å²) in [6.07, 6.45) is 0.567. The van der Waals surface area contributed by atoms with Gasteiger partial charge in [-0.1, -0.05) is 6.07 Å². The van der Waals surface area contributed by atoms with Gasteiger partial charge in [0.1, 0.15) is 28.6 Å². The number of phenols is 1. The lowest BCUT2D eigenvalue weighted by atomic mass is 9.64. The van der Waals surface area contributed by atoms with Crippen molar-refractivity contribution in [1.82, 2.24) is 0 Å². The third-order valence-electron chi connectivity index (χ3n) is 3.80. The topological polar surface area (TPSA) is 121 Å². The summed E-state index contributed by atoms with van der Waals surface area (Å²) in [5.41, 5.74) is 0.109. The SMILES string of the molecule is CC(=O)CCC(=O)C[C@H]1Cc2ccc(O)c(C(=O)O)c2OB1O. The highest BCUT2D eigenvalue weighted by Crippen LogP contribution is 2.39. The van der Waals surface area contributed by atoms with Crippen molar-refractivity contribution in [2.24, 2.45) is 0 Å². The Labute approximate surface area is 133 Å². The van der Waals surface area contributed by atoms with Crippen molar-refractivity contribution in [2.75, 3.05) is 0 Å². The van der Waals surface area contributed by atoms with Crippen molar-refractivity contribution < 1.29 is 34.3 Å². The third kappa shape index (κ3) is 3.90. The molecule has 0 spiro atoms. The number of hydrogen-bond donors (Lipinski definition) is 3. The summed E-state index contributed by atoms with van der Waals surface area (Å²) in [5.74, 6) is -2.63. The first kappa shape index (κ1) is 17.0. The van der Waals surface area contributed by atoms with E-state index in [2.05, 4.69) is 0 Å². The monoisotopic (exact) mass is 320 g/mol. The fraction of sp³-hybridized carbons (Fsp3) is 0.400. The van der Waals surface area contributed by atoms with E-state index in [4.69, 9.17) is 9.76 Å². The molecule has 0 aliphatic carbocycles. The summed E-state index contributed by atoms with van der Waals surface area (Å²) >= 11 is 0. The van der Waals surface area contributed by atoms with Crippen LogP contribution in [-0.2, 0) is 16.0 Å². The molecule has 0 amide bonds. The zero-order valence-electron chi connectivity index (χ0n) is 12.6. The Bertz CT molecular complexity index is 655. The minimum Gasteiger partial charge on any atom is -0.535 e. The quantitative estimate of drug-likeness (QED) is 0.673. The van der Waals surface area contributed by atoms with E-state index in [1.165, 1.54) is 19.1 Å². The molecule has 122 valence electrons.